The number of carbonyl (C=O) groups excluding carboxylic acids is 1. The van der Waals surface area contributed by atoms with E-state index in [9.17, 15) is 9.59 Å². The molecule has 0 N–H and O–H groups in total. The Morgan fingerprint density at radius 1 is 1.13 bits per heavy atom. The number of aromatic nitrogens is 1. The van der Waals surface area contributed by atoms with Gasteiger partial charge < -0.3 is 9.47 Å². The maximum Gasteiger partial charge on any atom is 0.338 e. The van der Waals surface area contributed by atoms with Crippen molar-refractivity contribution in [2.45, 2.75) is 17.9 Å². The molecule has 5 rings (SSSR count). The van der Waals surface area contributed by atoms with Crippen molar-refractivity contribution in [1.82, 2.24) is 4.57 Å². The molecule has 1 aromatic heterocycles. The number of benzene rings is 3. The van der Waals surface area contributed by atoms with Gasteiger partial charge in [0.1, 0.15) is 5.75 Å². The van der Waals surface area contributed by atoms with Gasteiger partial charge >= 0.3 is 5.97 Å². The smallest absolute Gasteiger partial charge is 0.338 e. The highest BCUT2D eigenvalue weighted by Gasteiger charge is 2.35. The highest BCUT2D eigenvalue weighted by atomic mass is 35.5. The zero-order chi connectivity index (χ0) is 27.5. The summed E-state index contributed by atoms with van der Waals surface area (Å²) in [6, 6.07) is 21.9. The van der Waals surface area contributed by atoms with Crippen molar-refractivity contribution in [3.8, 4) is 5.75 Å². The molecule has 0 saturated heterocycles. The van der Waals surface area contributed by atoms with Crippen LogP contribution in [0.2, 0.25) is 5.02 Å². The van der Waals surface area contributed by atoms with Gasteiger partial charge in [0.15, 0.2) is 4.80 Å². The molecule has 2 heterocycles. The van der Waals surface area contributed by atoms with Crippen molar-refractivity contribution in [2.75, 3.05) is 20.0 Å². The third-order valence-electron chi connectivity index (χ3n) is 6.28. The highest BCUT2D eigenvalue weighted by molar-refractivity contribution is 7.98. The molecule has 0 unspecified atom stereocenters. The lowest BCUT2D eigenvalue weighted by atomic mass is 9.93. The average Bonchev–Trinajstić information content (AvgIpc) is 3.27. The normalized spacial score (nSPS) is 15.1. The van der Waals surface area contributed by atoms with E-state index in [0.29, 0.717) is 36.9 Å². The monoisotopic (exact) mass is 576 g/mol. The highest BCUT2D eigenvalue weighted by Crippen LogP contribution is 2.35. The maximum atomic E-state index is 14.0. The lowest BCUT2D eigenvalue weighted by Crippen LogP contribution is -2.40. The molecule has 1 atom stereocenters. The van der Waals surface area contributed by atoms with Gasteiger partial charge in [-0.25, -0.2) is 9.79 Å². The number of fused-ring (bicyclic) bond motifs is 1. The first-order valence-corrected chi connectivity index (χ1v) is 14.6. The molecule has 0 aliphatic carbocycles. The molecule has 0 bridgehead atoms. The van der Waals surface area contributed by atoms with Gasteiger partial charge in [-0.3, -0.25) is 9.36 Å². The number of carbonyl (C=O) groups is 1. The van der Waals surface area contributed by atoms with Gasteiger partial charge in [0.25, 0.3) is 5.56 Å². The molecule has 3 aromatic carbocycles. The summed E-state index contributed by atoms with van der Waals surface area (Å²) in [4.78, 5) is 34.0. The van der Waals surface area contributed by atoms with E-state index in [1.807, 2.05) is 60.9 Å². The number of hydrogen-bond acceptors (Lipinski definition) is 7. The number of hydrogen-bond donors (Lipinski definition) is 0. The third kappa shape index (κ3) is 5.32. The fourth-order valence-electron chi connectivity index (χ4n) is 4.50. The Morgan fingerprint density at radius 2 is 1.87 bits per heavy atom. The summed E-state index contributed by atoms with van der Waals surface area (Å²) in [6.45, 7) is 1.96. The van der Waals surface area contributed by atoms with Crippen LogP contribution >= 0.6 is 34.7 Å². The largest absolute Gasteiger partial charge is 0.496 e. The van der Waals surface area contributed by atoms with Crippen LogP contribution in [0.1, 0.15) is 29.7 Å². The average molecular weight is 577 g/mol. The summed E-state index contributed by atoms with van der Waals surface area (Å²) in [5, 5.41) is 0.526. The molecule has 0 spiro atoms. The van der Waals surface area contributed by atoms with Crippen LogP contribution in [0.25, 0.3) is 11.8 Å². The fourth-order valence-corrected chi connectivity index (χ4v) is 6.08. The number of thioether (sulfide) groups is 1. The zero-order valence-corrected chi connectivity index (χ0v) is 23.9. The topological polar surface area (TPSA) is 69.9 Å². The minimum Gasteiger partial charge on any atom is -0.496 e. The molecule has 0 saturated carbocycles. The molecular weight excluding hydrogens is 552 g/mol. The van der Waals surface area contributed by atoms with Crippen LogP contribution in [0.3, 0.4) is 0 Å². The van der Waals surface area contributed by atoms with Crippen molar-refractivity contribution >= 4 is 52.4 Å². The Bertz CT molecular complexity index is 1740. The number of esters is 1. The first kappa shape index (κ1) is 27.0. The Balaban J connectivity index is 1.83. The van der Waals surface area contributed by atoms with Crippen molar-refractivity contribution in [3.63, 3.8) is 0 Å². The molecular formula is C30H25ClN2O4S2. The van der Waals surface area contributed by atoms with Crippen LogP contribution in [0.5, 0.6) is 5.75 Å². The van der Waals surface area contributed by atoms with Crippen molar-refractivity contribution in [2.24, 2.45) is 4.99 Å². The summed E-state index contributed by atoms with van der Waals surface area (Å²) in [6.07, 6.45) is 3.75. The maximum absolute atomic E-state index is 14.0. The second kappa shape index (κ2) is 11.7. The lowest BCUT2D eigenvalue weighted by molar-refractivity contribution is -0.138. The number of methoxy groups -OCH3 is 1. The molecule has 9 heteroatoms. The van der Waals surface area contributed by atoms with Gasteiger partial charge in [-0.1, -0.05) is 65.4 Å². The second-order valence-corrected chi connectivity index (χ2v) is 10.9. The van der Waals surface area contributed by atoms with Gasteiger partial charge in [-0.2, -0.15) is 0 Å². The minimum absolute atomic E-state index is 0.196. The van der Waals surface area contributed by atoms with Crippen molar-refractivity contribution in [3.05, 3.63) is 120 Å². The van der Waals surface area contributed by atoms with Crippen LogP contribution in [0.15, 0.2) is 93.1 Å². The van der Waals surface area contributed by atoms with Gasteiger partial charge in [0, 0.05) is 21.0 Å². The zero-order valence-electron chi connectivity index (χ0n) is 21.5. The van der Waals surface area contributed by atoms with E-state index in [-0.39, 0.29) is 12.2 Å². The van der Waals surface area contributed by atoms with Crippen LogP contribution in [-0.4, -0.2) is 30.5 Å². The van der Waals surface area contributed by atoms with E-state index in [2.05, 4.69) is 0 Å². The molecule has 4 aromatic rings. The Hall–Kier alpha value is -3.59. The van der Waals surface area contributed by atoms with Crippen LogP contribution < -0.4 is 19.6 Å². The Labute approximate surface area is 238 Å². The minimum atomic E-state index is -0.727. The summed E-state index contributed by atoms with van der Waals surface area (Å²) >= 11 is 9.12. The standard InChI is InChI=1S/C30H25ClN2O4S2/c1-4-37-29(35)25-26(18-8-6-5-7-9-18)32-30-33(27(25)19-10-13-22(38-3)14-11-19)28(34)24(39-30)17-20-16-21(31)12-15-23(20)36-2/h5-17,27H,4H2,1-3H3/b24-17-/t27-/m0/s1. The number of nitrogens with zero attached hydrogens (tertiary/aromatic N) is 2. The first-order chi connectivity index (χ1) is 18.9. The first-order valence-electron chi connectivity index (χ1n) is 12.2. The molecule has 1 aliphatic rings. The summed E-state index contributed by atoms with van der Waals surface area (Å²) in [5.41, 5.74) is 2.76. The van der Waals surface area contributed by atoms with Gasteiger partial charge in [-0.05, 0) is 55.2 Å². The lowest BCUT2D eigenvalue weighted by Gasteiger charge is -2.26. The van der Waals surface area contributed by atoms with E-state index in [4.69, 9.17) is 26.1 Å². The van der Waals surface area contributed by atoms with E-state index in [1.165, 1.54) is 11.3 Å². The van der Waals surface area contributed by atoms with E-state index in [1.54, 1.807) is 54.6 Å². The Morgan fingerprint density at radius 3 is 2.54 bits per heavy atom. The number of thiazole rings is 1. The van der Waals surface area contributed by atoms with Crippen molar-refractivity contribution < 1.29 is 14.3 Å². The Kier molecular flexibility index (Phi) is 8.07. The van der Waals surface area contributed by atoms with Crippen LogP contribution in [0, 0.1) is 0 Å². The predicted octanol–water partition coefficient (Wildman–Crippen LogP) is 5.32. The van der Waals surface area contributed by atoms with Gasteiger partial charge in [-0.15, -0.1) is 11.8 Å². The fraction of sp³-hybridized carbons (Fsp3) is 0.167. The van der Waals surface area contributed by atoms with Crippen LogP contribution in [-0.2, 0) is 9.53 Å². The molecule has 0 amide bonds. The molecule has 0 radical (unpaired) electrons. The van der Waals surface area contributed by atoms with Gasteiger partial charge in [0.05, 0.1) is 35.6 Å². The molecule has 6 nitrogen and oxygen atoms in total. The van der Waals surface area contributed by atoms with Crippen LogP contribution in [0.4, 0.5) is 0 Å². The summed E-state index contributed by atoms with van der Waals surface area (Å²) < 4.78 is 13.0. The van der Waals surface area contributed by atoms with E-state index in [0.717, 1.165) is 16.0 Å². The molecule has 1 aliphatic heterocycles. The SMILES string of the molecule is CCOC(=O)C1=C(c2ccccc2)N=c2s/c(=C\c3cc(Cl)ccc3OC)c(=O)n2[C@H]1c1ccc(SC)cc1. The van der Waals surface area contributed by atoms with E-state index >= 15 is 0 Å². The third-order valence-corrected chi connectivity index (χ3v) is 8.25. The molecule has 39 heavy (non-hydrogen) atoms. The molecule has 198 valence electrons. The predicted molar refractivity (Wildman–Crippen MR) is 157 cm³/mol. The second-order valence-electron chi connectivity index (χ2n) is 8.59. The number of halogens is 1. The molecule has 0 fully saturated rings. The van der Waals surface area contributed by atoms with Gasteiger partial charge in [0.2, 0.25) is 0 Å². The quantitative estimate of drug-likeness (QED) is 0.220. The summed E-state index contributed by atoms with van der Waals surface area (Å²) in [5.74, 6) is 0.0801. The number of ether oxygens (including phenoxy) is 2. The number of rotatable bonds is 7. The van der Waals surface area contributed by atoms with E-state index < -0.39 is 12.0 Å². The summed E-state index contributed by atoms with van der Waals surface area (Å²) in [7, 11) is 1.57. The van der Waals surface area contributed by atoms with Crippen molar-refractivity contribution in [1.29, 1.82) is 0 Å².